The highest BCUT2D eigenvalue weighted by molar-refractivity contribution is 7.91. The molecule has 1 aliphatic heterocycles. The molecule has 0 bridgehead atoms. The number of nitrogens with two attached hydrogens (primary N) is 2. The van der Waals surface area contributed by atoms with E-state index in [9.17, 15) is 22.9 Å². The van der Waals surface area contributed by atoms with Gasteiger partial charge in [0.25, 0.3) is 5.56 Å². The monoisotopic (exact) mass is 508 g/mol. The van der Waals surface area contributed by atoms with Gasteiger partial charge in [0.1, 0.15) is 35.1 Å². The number of hydrogen-bond acceptors (Lipinski definition) is 10. The summed E-state index contributed by atoms with van der Waals surface area (Å²) < 4.78 is 41.0. The minimum Gasteiger partial charge on any atom is -0.382 e. The van der Waals surface area contributed by atoms with Crippen molar-refractivity contribution < 1.29 is 12.8 Å². The Morgan fingerprint density at radius 1 is 1.22 bits per heavy atom. The van der Waals surface area contributed by atoms with Gasteiger partial charge in [-0.2, -0.15) is 15.2 Å². The largest absolute Gasteiger partial charge is 0.382 e. The van der Waals surface area contributed by atoms with E-state index in [0.29, 0.717) is 19.4 Å². The van der Waals surface area contributed by atoms with Crippen molar-refractivity contribution in [3.63, 3.8) is 0 Å². The number of allylic oxidation sites excluding steroid dienone is 4. The third kappa shape index (κ3) is 3.66. The molecule has 3 aromatic rings. The third-order valence-corrected chi connectivity index (χ3v) is 7.44. The second-order valence-electron chi connectivity index (χ2n) is 8.58. The van der Waals surface area contributed by atoms with Crippen molar-refractivity contribution in [1.29, 1.82) is 5.26 Å². The summed E-state index contributed by atoms with van der Waals surface area (Å²) in [6.45, 7) is 0.436. The zero-order chi connectivity index (χ0) is 25.8. The molecule has 36 heavy (non-hydrogen) atoms. The normalized spacial score (nSPS) is 19.6. The second-order valence-corrected chi connectivity index (χ2v) is 10.6. The van der Waals surface area contributed by atoms with Gasteiger partial charge in [0.05, 0.1) is 21.8 Å². The van der Waals surface area contributed by atoms with E-state index in [1.54, 1.807) is 4.90 Å². The molecule has 1 unspecified atom stereocenters. The van der Waals surface area contributed by atoms with Gasteiger partial charge in [-0.15, -0.1) is 0 Å². The van der Waals surface area contributed by atoms with Crippen LogP contribution in [0.4, 0.5) is 22.0 Å². The Labute approximate surface area is 205 Å². The smallest absolute Gasteiger partial charge is 0.263 e. The molecule has 2 atom stereocenters. The molecule has 1 saturated heterocycles. The molecule has 13 heteroatoms. The first-order valence-electron chi connectivity index (χ1n) is 11.0. The van der Waals surface area contributed by atoms with Gasteiger partial charge in [-0.1, -0.05) is 18.2 Å². The maximum absolute atomic E-state index is 14.9. The number of sulfone groups is 1. The molecule has 0 spiro atoms. The van der Waals surface area contributed by atoms with Gasteiger partial charge in [-0.3, -0.25) is 9.36 Å². The molecular formula is C23H21FN8O3S. The van der Waals surface area contributed by atoms with Gasteiger partial charge < -0.3 is 16.4 Å². The lowest BCUT2D eigenvalue weighted by atomic mass is 10.1. The maximum atomic E-state index is 14.9. The predicted octanol–water partition coefficient (Wildman–Crippen LogP) is 1.93. The zero-order valence-electron chi connectivity index (χ0n) is 19.1. The molecule has 4 N–H and O–H groups in total. The van der Waals surface area contributed by atoms with Crippen LogP contribution in [-0.4, -0.2) is 40.7 Å². The molecule has 184 valence electrons. The van der Waals surface area contributed by atoms with Gasteiger partial charge in [0.15, 0.2) is 15.7 Å². The number of nitrogens with zero attached hydrogens (tertiary/aromatic N) is 6. The van der Waals surface area contributed by atoms with Crippen molar-refractivity contribution in [1.82, 2.24) is 19.5 Å². The van der Waals surface area contributed by atoms with Crippen molar-refractivity contribution in [2.24, 2.45) is 0 Å². The van der Waals surface area contributed by atoms with Crippen molar-refractivity contribution in [3.05, 3.63) is 64.0 Å². The average Bonchev–Trinajstić information content (AvgIpc) is 3.46. The van der Waals surface area contributed by atoms with Crippen LogP contribution in [0, 0.1) is 11.3 Å². The molecule has 1 aliphatic carbocycles. The maximum Gasteiger partial charge on any atom is 0.263 e. The Morgan fingerprint density at radius 2 is 2.00 bits per heavy atom. The van der Waals surface area contributed by atoms with E-state index in [1.807, 2.05) is 6.07 Å². The van der Waals surface area contributed by atoms with Crippen molar-refractivity contribution in [3.8, 4) is 6.07 Å². The Bertz CT molecular complexity index is 1690. The van der Waals surface area contributed by atoms with Crippen molar-refractivity contribution in [2.45, 2.75) is 29.8 Å². The van der Waals surface area contributed by atoms with Crippen LogP contribution in [0.3, 0.4) is 0 Å². The summed E-state index contributed by atoms with van der Waals surface area (Å²) >= 11 is 0. The van der Waals surface area contributed by atoms with Gasteiger partial charge in [-0.25, -0.2) is 17.8 Å². The van der Waals surface area contributed by atoms with E-state index in [2.05, 4.69) is 15.0 Å². The quantitative estimate of drug-likeness (QED) is 0.530. The van der Waals surface area contributed by atoms with Crippen LogP contribution in [0.25, 0.3) is 10.9 Å². The van der Waals surface area contributed by atoms with Gasteiger partial charge in [0.2, 0.25) is 5.95 Å². The second kappa shape index (κ2) is 8.42. The van der Waals surface area contributed by atoms with E-state index >= 15 is 0 Å². The van der Waals surface area contributed by atoms with Crippen LogP contribution >= 0.6 is 0 Å². The Hall–Kier alpha value is -4.31. The fraction of sp³-hybridized carbons (Fsp3) is 0.261. The van der Waals surface area contributed by atoms with Crippen LogP contribution < -0.4 is 21.9 Å². The van der Waals surface area contributed by atoms with Crippen molar-refractivity contribution in [2.75, 3.05) is 29.2 Å². The zero-order valence-corrected chi connectivity index (χ0v) is 19.9. The number of nitrogen functional groups attached to an aromatic ring is 2. The first-order chi connectivity index (χ1) is 17.1. The van der Waals surface area contributed by atoms with E-state index < -0.39 is 33.3 Å². The predicted molar refractivity (Wildman–Crippen MR) is 131 cm³/mol. The van der Waals surface area contributed by atoms with Crippen LogP contribution in [0.2, 0.25) is 0 Å². The number of aromatic nitrogens is 4. The topological polar surface area (TPSA) is 174 Å². The molecule has 1 fully saturated rings. The lowest BCUT2D eigenvalue weighted by molar-refractivity contribution is 0.474. The molecule has 5 rings (SSSR count). The highest BCUT2D eigenvalue weighted by Gasteiger charge is 2.36. The molecule has 1 aromatic carbocycles. The Balaban J connectivity index is 1.81. The Kier molecular flexibility index (Phi) is 5.48. The van der Waals surface area contributed by atoms with Gasteiger partial charge in [0, 0.05) is 12.8 Å². The number of anilines is 3. The number of halogens is 1. The molecular weight excluding hydrogens is 487 g/mol. The summed E-state index contributed by atoms with van der Waals surface area (Å²) in [6, 6.07) is 4.66. The summed E-state index contributed by atoms with van der Waals surface area (Å²) in [5.41, 5.74) is 11.2. The summed E-state index contributed by atoms with van der Waals surface area (Å²) in [7, 11) is -3.78. The number of nitriles is 1. The van der Waals surface area contributed by atoms with E-state index in [0.717, 1.165) is 6.26 Å². The molecule has 0 radical (unpaired) electrons. The Morgan fingerprint density at radius 3 is 2.67 bits per heavy atom. The molecule has 0 saturated carbocycles. The molecule has 0 amide bonds. The van der Waals surface area contributed by atoms with E-state index in [4.69, 9.17) is 11.5 Å². The van der Waals surface area contributed by atoms with Crippen LogP contribution in [-0.2, 0) is 9.84 Å². The third-order valence-electron chi connectivity index (χ3n) is 6.30. The fourth-order valence-corrected chi connectivity index (χ4v) is 5.67. The number of rotatable bonds is 4. The van der Waals surface area contributed by atoms with E-state index in [1.165, 1.54) is 41.0 Å². The minimum atomic E-state index is -3.78. The highest BCUT2D eigenvalue weighted by Crippen LogP contribution is 2.39. The van der Waals surface area contributed by atoms with Crippen molar-refractivity contribution >= 4 is 38.3 Å². The molecule has 3 heterocycles. The first-order valence-corrected chi connectivity index (χ1v) is 12.9. The lowest BCUT2D eigenvalue weighted by Gasteiger charge is -2.29. The van der Waals surface area contributed by atoms with Crippen LogP contribution in [0.1, 0.15) is 36.3 Å². The van der Waals surface area contributed by atoms with Crippen LogP contribution in [0.15, 0.2) is 51.9 Å². The summed E-state index contributed by atoms with van der Waals surface area (Å²) in [5.74, 6) is -0.403. The number of benzene rings is 1. The number of fused-ring (bicyclic) bond motifs is 1. The summed E-state index contributed by atoms with van der Waals surface area (Å²) in [4.78, 5) is 28.2. The van der Waals surface area contributed by atoms with Gasteiger partial charge >= 0.3 is 0 Å². The standard InChI is InChI=1S/C23H21FN8O3S/c1-36(34,35)17-9-3-6-14-18(17)22(33)32(15-7-2-5-13(15)24)21(28-14)16-8-4-10-31(16)20-12(11-25)19(26)29-23(27)30-20/h2-3,5-7,9,15-16H,4,8,10H2,1H3,(H4,26,27,29,30)/t15?,16-/m0/s1. The lowest BCUT2D eigenvalue weighted by Crippen LogP contribution is -2.35. The minimum absolute atomic E-state index is 0.0250. The van der Waals surface area contributed by atoms with E-state index in [-0.39, 0.29) is 44.8 Å². The molecule has 2 aliphatic rings. The number of hydrogen-bond donors (Lipinski definition) is 2. The highest BCUT2D eigenvalue weighted by atomic mass is 32.2. The molecule has 11 nitrogen and oxygen atoms in total. The molecule has 2 aromatic heterocycles. The van der Waals surface area contributed by atoms with Crippen LogP contribution in [0.5, 0.6) is 0 Å². The fourth-order valence-electron chi connectivity index (χ4n) is 4.78. The SMILES string of the molecule is CS(=O)(=O)c1cccc2nc([C@@H]3CCCN3c3nc(N)nc(N)c3C#N)n(C3C=CC=C3F)c(=O)c12. The first kappa shape index (κ1) is 23.4. The van der Waals surface area contributed by atoms with Gasteiger partial charge in [-0.05, 0) is 31.1 Å². The summed E-state index contributed by atoms with van der Waals surface area (Å²) in [5, 5.41) is 9.57. The summed E-state index contributed by atoms with van der Waals surface area (Å²) in [6.07, 6.45) is 6.36. The average molecular weight is 509 g/mol.